The van der Waals surface area contributed by atoms with E-state index in [2.05, 4.69) is 15.9 Å². The van der Waals surface area contributed by atoms with Gasteiger partial charge in [-0.15, -0.1) is 0 Å². The highest BCUT2D eigenvalue weighted by atomic mass is 79.9. The fourth-order valence-corrected chi connectivity index (χ4v) is 2.27. The molecule has 0 aliphatic carbocycles. The van der Waals surface area contributed by atoms with Gasteiger partial charge in [-0.1, -0.05) is 34.1 Å². The van der Waals surface area contributed by atoms with Crippen LogP contribution < -0.4 is 10.5 Å². The quantitative estimate of drug-likeness (QED) is 0.891. The van der Waals surface area contributed by atoms with E-state index in [9.17, 15) is 4.39 Å². The Kier molecular flexibility index (Phi) is 4.78. The highest BCUT2D eigenvalue weighted by Gasteiger charge is 2.10. The summed E-state index contributed by atoms with van der Waals surface area (Å²) in [6.45, 7) is 4.07. The number of hydrogen-bond acceptors (Lipinski definition) is 2. The smallest absolute Gasteiger partial charge is 0.130 e. The van der Waals surface area contributed by atoms with Crippen LogP contribution in [0, 0.1) is 12.7 Å². The van der Waals surface area contributed by atoms with Crippen molar-refractivity contribution in [3.05, 3.63) is 63.4 Å². The van der Waals surface area contributed by atoms with E-state index >= 15 is 0 Å². The Morgan fingerprint density at radius 1 is 1.25 bits per heavy atom. The molecule has 0 saturated carbocycles. The molecule has 0 spiro atoms. The summed E-state index contributed by atoms with van der Waals surface area (Å²) in [5.41, 5.74) is 8.45. The summed E-state index contributed by atoms with van der Waals surface area (Å²) < 4.78 is 20.2. The van der Waals surface area contributed by atoms with Gasteiger partial charge in [0, 0.05) is 21.6 Å². The molecule has 0 aliphatic rings. The fourth-order valence-electron chi connectivity index (χ4n) is 1.94. The van der Waals surface area contributed by atoms with Crippen molar-refractivity contribution < 1.29 is 9.13 Å². The Morgan fingerprint density at radius 2 is 2.00 bits per heavy atom. The molecule has 0 aliphatic heterocycles. The standard InChI is InChI=1S/C16H17BrFNO/c1-10-3-6-14(11(2)19)16(7-10)20-9-12-4-5-13(17)8-15(12)18/h3-8,11H,9,19H2,1-2H3. The second-order valence-electron chi connectivity index (χ2n) is 4.85. The molecule has 0 bridgehead atoms. The van der Waals surface area contributed by atoms with E-state index in [1.54, 1.807) is 12.1 Å². The van der Waals surface area contributed by atoms with E-state index in [0.717, 1.165) is 11.1 Å². The number of halogens is 2. The largest absolute Gasteiger partial charge is 0.488 e. The molecule has 2 rings (SSSR count). The predicted molar refractivity (Wildman–Crippen MR) is 82.2 cm³/mol. The summed E-state index contributed by atoms with van der Waals surface area (Å²) in [4.78, 5) is 0. The highest BCUT2D eigenvalue weighted by molar-refractivity contribution is 9.10. The van der Waals surface area contributed by atoms with Gasteiger partial charge in [0.05, 0.1) is 0 Å². The minimum Gasteiger partial charge on any atom is -0.488 e. The normalized spacial score (nSPS) is 12.2. The molecular formula is C16H17BrFNO. The Balaban J connectivity index is 2.20. The SMILES string of the molecule is Cc1ccc(C(C)N)c(OCc2ccc(Br)cc2F)c1. The van der Waals surface area contributed by atoms with Crippen molar-refractivity contribution in [3.8, 4) is 5.75 Å². The van der Waals surface area contributed by atoms with Gasteiger partial charge in [-0.2, -0.15) is 0 Å². The van der Waals surface area contributed by atoms with Gasteiger partial charge in [0.1, 0.15) is 18.2 Å². The lowest BCUT2D eigenvalue weighted by Gasteiger charge is -2.15. The van der Waals surface area contributed by atoms with Gasteiger partial charge in [-0.3, -0.25) is 0 Å². The van der Waals surface area contributed by atoms with Crippen LogP contribution in [0.25, 0.3) is 0 Å². The monoisotopic (exact) mass is 337 g/mol. The zero-order chi connectivity index (χ0) is 14.7. The topological polar surface area (TPSA) is 35.2 Å². The van der Waals surface area contributed by atoms with E-state index < -0.39 is 0 Å². The lowest BCUT2D eigenvalue weighted by Crippen LogP contribution is -2.08. The average Bonchev–Trinajstić information content (AvgIpc) is 2.37. The molecule has 0 heterocycles. The Bertz CT molecular complexity index is 613. The molecule has 2 aromatic carbocycles. The third-order valence-electron chi connectivity index (χ3n) is 3.06. The van der Waals surface area contributed by atoms with Crippen molar-refractivity contribution in [1.29, 1.82) is 0 Å². The summed E-state index contributed by atoms with van der Waals surface area (Å²) in [5, 5.41) is 0. The van der Waals surface area contributed by atoms with E-state index in [4.69, 9.17) is 10.5 Å². The number of hydrogen-bond donors (Lipinski definition) is 1. The average molecular weight is 338 g/mol. The van der Waals surface area contributed by atoms with Crippen molar-refractivity contribution in [2.24, 2.45) is 5.73 Å². The van der Waals surface area contributed by atoms with Crippen molar-refractivity contribution in [1.82, 2.24) is 0 Å². The number of ether oxygens (including phenoxy) is 1. The van der Waals surface area contributed by atoms with Gasteiger partial charge >= 0.3 is 0 Å². The molecule has 20 heavy (non-hydrogen) atoms. The third kappa shape index (κ3) is 3.58. The maximum atomic E-state index is 13.8. The molecule has 106 valence electrons. The molecule has 2 aromatic rings. The molecule has 0 fully saturated rings. The number of benzene rings is 2. The molecule has 1 unspecified atom stereocenters. The lowest BCUT2D eigenvalue weighted by molar-refractivity contribution is 0.295. The van der Waals surface area contributed by atoms with Crippen LogP contribution >= 0.6 is 15.9 Å². The second-order valence-corrected chi connectivity index (χ2v) is 5.77. The predicted octanol–water partition coefficient (Wildman–Crippen LogP) is 4.50. The zero-order valence-electron chi connectivity index (χ0n) is 11.5. The summed E-state index contributed by atoms with van der Waals surface area (Å²) in [6, 6.07) is 10.7. The van der Waals surface area contributed by atoms with E-state index in [1.165, 1.54) is 6.07 Å². The third-order valence-corrected chi connectivity index (χ3v) is 3.55. The summed E-state index contributed by atoms with van der Waals surface area (Å²) in [6.07, 6.45) is 0. The second kappa shape index (κ2) is 6.37. The Morgan fingerprint density at radius 3 is 2.65 bits per heavy atom. The first kappa shape index (κ1) is 15.0. The van der Waals surface area contributed by atoms with Crippen molar-refractivity contribution in [2.45, 2.75) is 26.5 Å². The Labute approximate surface area is 126 Å². The highest BCUT2D eigenvalue weighted by Crippen LogP contribution is 2.26. The summed E-state index contributed by atoms with van der Waals surface area (Å²) in [5.74, 6) is 0.427. The fraction of sp³-hybridized carbons (Fsp3) is 0.250. The maximum Gasteiger partial charge on any atom is 0.130 e. The van der Waals surface area contributed by atoms with Gasteiger partial charge < -0.3 is 10.5 Å². The number of nitrogens with two attached hydrogens (primary N) is 1. The summed E-state index contributed by atoms with van der Waals surface area (Å²) >= 11 is 3.24. The van der Waals surface area contributed by atoms with Crippen LogP contribution in [0.5, 0.6) is 5.75 Å². The van der Waals surface area contributed by atoms with E-state index in [-0.39, 0.29) is 18.5 Å². The lowest BCUT2D eigenvalue weighted by atomic mass is 10.1. The van der Waals surface area contributed by atoms with Gasteiger partial charge in [-0.25, -0.2) is 4.39 Å². The van der Waals surface area contributed by atoms with E-state index in [0.29, 0.717) is 15.8 Å². The molecule has 0 amide bonds. The van der Waals surface area contributed by atoms with Crippen LogP contribution in [0.4, 0.5) is 4.39 Å². The molecule has 4 heteroatoms. The van der Waals surface area contributed by atoms with Crippen LogP contribution in [0.1, 0.15) is 29.7 Å². The molecule has 2 nitrogen and oxygen atoms in total. The van der Waals surface area contributed by atoms with Gasteiger partial charge in [-0.05, 0) is 37.6 Å². The first-order chi connectivity index (χ1) is 9.47. The first-order valence-electron chi connectivity index (χ1n) is 6.40. The van der Waals surface area contributed by atoms with Crippen LogP contribution in [0.2, 0.25) is 0 Å². The van der Waals surface area contributed by atoms with Crippen LogP contribution in [-0.4, -0.2) is 0 Å². The zero-order valence-corrected chi connectivity index (χ0v) is 13.1. The van der Waals surface area contributed by atoms with Crippen LogP contribution in [-0.2, 0) is 6.61 Å². The molecule has 2 N–H and O–H groups in total. The molecular weight excluding hydrogens is 321 g/mol. The first-order valence-corrected chi connectivity index (χ1v) is 7.19. The number of aryl methyl sites for hydroxylation is 1. The van der Waals surface area contributed by atoms with Crippen LogP contribution in [0.15, 0.2) is 40.9 Å². The summed E-state index contributed by atoms with van der Waals surface area (Å²) in [7, 11) is 0. The van der Waals surface area contributed by atoms with E-state index in [1.807, 2.05) is 32.0 Å². The maximum absolute atomic E-state index is 13.8. The molecule has 0 saturated heterocycles. The Hall–Kier alpha value is -1.39. The molecule has 0 radical (unpaired) electrons. The minimum absolute atomic E-state index is 0.125. The van der Waals surface area contributed by atoms with Gasteiger partial charge in [0.15, 0.2) is 0 Å². The van der Waals surface area contributed by atoms with Crippen molar-refractivity contribution in [2.75, 3.05) is 0 Å². The molecule has 0 aromatic heterocycles. The van der Waals surface area contributed by atoms with Crippen molar-refractivity contribution >= 4 is 15.9 Å². The van der Waals surface area contributed by atoms with Crippen molar-refractivity contribution in [3.63, 3.8) is 0 Å². The van der Waals surface area contributed by atoms with Crippen LogP contribution in [0.3, 0.4) is 0 Å². The number of rotatable bonds is 4. The minimum atomic E-state index is -0.283. The van der Waals surface area contributed by atoms with Gasteiger partial charge in [0.2, 0.25) is 0 Å². The van der Waals surface area contributed by atoms with Gasteiger partial charge in [0.25, 0.3) is 0 Å². The molecule has 1 atom stereocenters.